The molecular formula is C41H40N4O8. The second-order valence-electron chi connectivity index (χ2n) is 12.5. The summed E-state index contributed by atoms with van der Waals surface area (Å²) in [5.41, 5.74) is 11.8. The lowest BCUT2D eigenvalue weighted by Crippen LogP contribution is -2.67. The fourth-order valence-corrected chi connectivity index (χ4v) is 6.46. The van der Waals surface area contributed by atoms with Crippen LogP contribution in [0, 0.1) is 0 Å². The molecule has 12 heteroatoms. The van der Waals surface area contributed by atoms with E-state index in [1.165, 1.54) is 0 Å². The van der Waals surface area contributed by atoms with E-state index in [4.69, 9.17) is 29.2 Å². The van der Waals surface area contributed by atoms with Crippen molar-refractivity contribution in [3.05, 3.63) is 166 Å². The summed E-state index contributed by atoms with van der Waals surface area (Å²) in [6, 6.07) is 31.0. The molecule has 2 aliphatic heterocycles. The summed E-state index contributed by atoms with van der Waals surface area (Å²) < 4.78 is 32.1. The molecule has 4 aromatic rings. The molecule has 6 rings (SSSR count). The van der Waals surface area contributed by atoms with Crippen molar-refractivity contribution >= 4 is 17.8 Å². The number of hydrogen-bond acceptors (Lipinski definition) is 9. The molecule has 0 radical (unpaired) electrons. The Balaban J connectivity index is 1.41. The normalized spacial score (nSPS) is 20.8. The third-order valence-electron chi connectivity index (χ3n) is 9.04. The van der Waals surface area contributed by atoms with Gasteiger partial charge in [0.15, 0.2) is 12.4 Å². The standard InChI is InChI=1S/C41H40N4O8/c1-2-3-14-23-50-41-35(45-38(46)32-21-12-13-22-33(32)39(45)47)37(51-26-29-17-8-5-9-18-29)36(34(52-41)27-49-25-28-15-6-4-7-16-28)53-40(48)31-20-11-10-19-30(31)24-43-44-42/h2,4-13,15-22,34-37,41H,1,3,14,23-27H2/t34-,35-,36-,37-,41-/m1/s1. The molecule has 0 aromatic heterocycles. The third-order valence-corrected chi connectivity index (χ3v) is 9.04. The van der Waals surface area contributed by atoms with E-state index < -0.39 is 48.4 Å². The molecule has 4 aromatic carbocycles. The lowest BCUT2D eigenvalue weighted by Gasteiger charge is -2.47. The Labute approximate surface area is 307 Å². The largest absolute Gasteiger partial charge is 0.453 e. The van der Waals surface area contributed by atoms with E-state index in [0.717, 1.165) is 16.0 Å². The summed E-state index contributed by atoms with van der Waals surface area (Å²) >= 11 is 0. The topological polar surface area (TPSA) is 149 Å². The number of imide groups is 1. The summed E-state index contributed by atoms with van der Waals surface area (Å²) in [4.78, 5) is 46.3. The lowest BCUT2D eigenvalue weighted by atomic mass is 9.94. The number of rotatable bonds is 17. The molecule has 272 valence electrons. The van der Waals surface area contributed by atoms with Crippen molar-refractivity contribution in [1.82, 2.24) is 4.90 Å². The van der Waals surface area contributed by atoms with Crippen molar-refractivity contribution in [3.63, 3.8) is 0 Å². The van der Waals surface area contributed by atoms with Gasteiger partial charge in [0.2, 0.25) is 0 Å². The van der Waals surface area contributed by atoms with Crippen LogP contribution in [0.2, 0.25) is 0 Å². The van der Waals surface area contributed by atoms with E-state index in [1.807, 2.05) is 60.7 Å². The van der Waals surface area contributed by atoms with E-state index in [2.05, 4.69) is 16.6 Å². The van der Waals surface area contributed by atoms with Crippen LogP contribution < -0.4 is 0 Å². The van der Waals surface area contributed by atoms with Crippen LogP contribution >= 0.6 is 0 Å². The molecule has 12 nitrogen and oxygen atoms in total. The number of hydrogen-bond donors (Lipinski definition) is 0. The number of ether oxygens (including phenoxy) is 5. The second kappa shape index (κ2) is 18.2. The van der Waals surface area contributed by atoms with Gasteiger partial charge in [0, 0.05) is 4.91 Å². The second-order valence-corrected chi connectivity index (χ2v) is 12.5. The molecular weight excluding hydrogens is 676 g/mol. The first-order valence-corrected chi connectivity index (χ1v) is 17.4. The highest BCUT2D eigenvalue weighted by molar-refractivity contribution is 6.21. The number of nitrogens with zero attached hydrogens (tertiary/aromatic N) is 4. The van der Waals surface area contributed by atoms with Gasteiger partial charge >= 0.3 is 5.97 Å². The Kier molecular flexibility index (Phi) is 12.8. The number of esters is 1. The van der Waals surface area contributed by atoms with Gasteiger partial charge in [-0.3, -0.25) is 14.5 Å². The highest BCUT2D eigenvalue weighted by Crippen LogP contribution is 2.36. The summed E-state index contributed by atoms with van der Waals surface area (Å²) in [6.45, 7) is 4.16. The summed E-state index contributed by atoms with van der Waals surface area (Å²) in [5, 5.41) is 3.65. The lowest BCUT2D eigenvalue weighted by molar-refractivity contribution is -0.289. The van der Waals surface area contributed by atoms with Crippen LogP contribution in [0.1, 0.15) is 60.6 Å². The van der Waals surface area contributed by atoms with E-state index in [1.54, 1.807) is 54.6 Å². The van der Waals surface area contributed by atoms with E-state index in [9.17, 15) is 14.4 Å². The van der Waals surface area contributed by atoms with Gasteiger partial charge in [-0.15, -0.1) is 6.58 Å². The van der Waals surface area contributed by atoms with Gasteiger partial charge in [0.05, 0.1) is 49.7 Å². The predicted octanol–water partition coefficient (Wildman–Crippen LogP) is 7.20. The van der Waals surface area contributed by atoms with Crippen molar-refractivity contribution in [3.8, 4) is 0 Å². The van der Waals surface area contributed by atoms with E-state index in [0.29, 0.717) is 18.4 Å². The minimum absolute atomic E-state index is 0.0491. The summed E-state index contributed by atoms with van der Waals surface area (Å²) in [6.07, 6.45) is -1.47. The van der Waals surface area contributed by atoms with Crippen LogP contribution in [-0.4, -0.2) is 66.5 Å². The van der Waals surface area contributed by atoms with Gasteiger partial charge in [-0.25, -0.2) is 4.79 Å². The molecule has 2 heterocycles. The highest BCUT2D eigenvalue weighted by Gasteiger charge is 2.56. The first kappa shape index (κ1) is 37.1. The van der Waals surface area contributed by atoms with Crippen molar-refractivity contribution < 1.29 is 38.1 Å². The zero-order chi connectivity index (χ0) is 37.0. The van der Waals surface area contributed by atoms with Crippen LogP contribution in [0.25, 0.3) is 10.4 Å². The Morgan fingerprint density at radius 2 is 1.45 bits per heavy atom. The van der Waals surface area contributed by atoms with Crippen LogP contribution in [0.4, 0.5) is 0 Å². The number of unbranched alkanes of at least 4 members (excludes halogenated alkanes) is 1. The van der Waals surface area contributed by atoms with Gasteiger partial charge in [-0.1, -0.05) is 102 Å². The molecule has 1 saturated heterocycles. The number of benzene rings is 4. The minimum Gasteiger partial charge on any atom is -0.453 e. The van der Waals surface area contributed by atoms with Gasteiger partial charge in [-0.2, -0.15) is 0 Å². The molecule has 2 aliphatic rings. The molecule has 1 fully saturated rings. The summed E-state index contributed by atoms with van der Waals surface area (Å²) in [7, 11) is 0. The zero-order valence-electron chi connectivity index (χ0n) is 29.1. The average molecular weight is 717 g/mol. The molecule has 0 bridgehead atoms. The fraction of sp³-hybridized carbons (Fsp3) is 0.293. The van der Waals surface area contributed by atoms with Crippen LogP contribution in [-0.2, 0) is 43.4 Å². The summed E-state index contributed by atoms with van der Waals surface area (Å²) in [5.74, 6) is -1.83. The first-order valence-electron chi connectivity index (χ1n) is 17.4. The maximum absolute atomic E-state index is 14.1. The van der Waals surface area contributed by atoms with Crippen molar-refractivity contribution in [1.29, 1.82) is 0 Å². The highest BCUT2D eigenvalue weighted by atomic mass is 16.7. The number of allylic oxidation sites excluding steroid dienone is 1. The number of fused-ring (bicyclic) bond motifs is 1. The van der Waals surface area contributed by atoms with E-state index in [-0.39, 0.29) is 49.7 Å². The number of carbonyl (C=O) groups is 3. The SMILES string of the molecule is C=CCCCO[C@@H]1O[C@H](COCc2ccccc2)[C@@H](OC(=O)c2ccccc2CN=[N+]=[N-])[C@H](OCc2ccccc2)[C@H]1N1C(=O)c2ccccc2C1=O. The minimum atomic E-state index is -1.21. The zero-order valence-corrected chi connectivity index (χ0v) is 29.1. The van der Waals surface area contributed by atoms with Gasteiger partial charge < -0.3 is 23.7 Å². The molecule has 53 heavy (non-hydrogen) atoms. The Morgan fingerprint density at radius 1 is 0.830 bits per heavy atom. The van der Waals surface area contributed by atoms with Gasteiger partial charge in [0.25, 0.3) is 11.8 Å². The van der Waals surface area contributed by atoms with Crippen LogP contribution in [0.3, 0.4) is 0 Å². The van der Waals surface area contributed by atoms with Crippen LogP contribution in [0.5, 0.6) is 0 Å². The smallest absolute Gasteiger partial charge is 0.338 e. The van der Waals surface area contributed by atoms with Crippen LogP contribution in [0.15, 0.2) is 127 Å². The van der Waals surface area contributed by atoms with E-state index >= 15 is 0 Å². The molecule has 5 atom stereocenters. The maximum atomic E-state index is 14.1. The molecule has 0 saturated carbocycles. The predicted molar refractivity (Wildman–Crippen MR) is 194 cm³/mol. The molecule has 0 spiro atoms. The van der Waals surface area contributed by atoms with Crippen molar-refractivity contribution in [2.24, 2.45) is 5.11 Å². The third kappa shape index (κ3) is 8.89. The molecule has 2 amide bonds. The number of amides is 2. The van der Waals surface area contributed by atoms with Gasteiger partial charge in [0.1, 0.15) is 18.2 Å². The van der Waals surface area contributed by atoms with Crippen molar-refractivity contribution in [2.75, 3.05) is 13.2 Å². The Morgan fingerprint density at radius 3 is 2.11 bits per heavy atom. The average Bonchev–Trinajstić information content (AvgIpc) is 3.44. The van der Waals surface area contributed by atoms with Gasteiger partial charge in [-0.05, 0) is 53.3 Å². The Bertz CT molecular complexity index is 1900. The quantitative estimate of drug-likeness (QED) is 0.0212. The Hall–Kier alpha value is -5.62. The maximum Gasteiger partial charge on any atom is 0.338 e. The fourth-order valence-electron chi connectivity index (χ4n) is 6.46. The molecule has 0 N–H and O–H groups in total. The molecule has 0 aliphatic carbocycles. The van der Waals surface area contributed by atoms with Crippen molar-refractivity contribution in [2.45, 2.75) is 63.2 Å². The number of azide groups is 1. The monoisotopic (exact) mass is 716 g/mol. The first-order chi connectivity index (χ1) is 26.0. The molecule has 0 unspecified atom stereocenters. The number of carbonyl (C=O) groups excluding carboxylic acids is 3.